The topological polar surface area (TPSA) is 41.1 Å². The van der Waals surface area contributed by atoms with Crippen LogP contribution < -0.4 is 10.6 Å². The third kappa shape index (κ3) is 1.99. The van der Waals surface area contributed by atoms with Crippen molar-refractivity contribution >= 4 is 5.91 Å². The minimum atomic E-state index is 0.253. The summed E-state index contributed by atoms with van der Waals surface area (Å²) in [5.74, 6) is 0.562. The highest BCUT2D eigenvalue weighted by molar-refractivity contribution is 5.80. The number of hydrogen-bond donors (Lipinski definition) is 2. The van der Waals surface area contributed by atoms with Crippen molar-refractivity contribution in [2.45, 2.75) is 64.0 Å². The Hall–Kier alpha value is -0.570. The first-order chi connectivity index (χ1) is 8.22. The second-order valence-corrected chi connectivity index (χ2v) is 6.31. The van der Waals surface area contributed by atoms with E-state index in [0.29, 0.717) is 23.4 Å². The number of hydrogen-bond acceptors (Lipinski definition) is 2. The molecule has 3 aliphatic rings. The number of carbonyl (C=O) groups excluding carboxylic acids is 1. The molecule has 3 heteroatoms. The van der Waals surface area contributed by atoms with Crippen molar-refractivity contribution in [2.24, 2.45) is 11.3 Å². The summed E-state index contributed by atoms with van der Waals surface area (Å²) in [6, 6.07) is 1.10. The first-order valence-corrected chi connectivity index (χ1v) is 7.26. The normalized spacial score (nSPS) is 37.8. The summed E-state index contributed by atoms with van der Waals surface area (Å²) in [5, 5.41) is 6.76. The first-order valence-electron chi connectivity index (χ1n) is 7.26. The maximum absolute atomic E-state index is 12.2. The van der Waals surface area contributed by atoms with E-state index in [9.17, 15) is 4.79 Å². The summed E-state index contributed by atoms with van der Waals surface area (Å²) in [4.78, 5) is 12.2. The van der Waals surface area contributed by atoms with Crippen LogP contribution in [0.4, 0.5) is 0 Å². The Morgan fingerprint density at radius 2 is 2.24 bits per heavy atom. The van der Waals surface area contributed by atoms with Crippen molar-refractivity contribution in [2.75, 3.05) is 6.54 Å². The quantitative estimate of drug-likeness (QED) is 0.782. The van der Waals surface area contributed by atoms with Gasteiger partial charge in [-0.1, -0.05) is 13.3 Å². The Bertz CT molecular complexity index is 306. The molecule has 0 aromatic carbocycles. The van der Waals surface area contributed by atoms with Gasteiger partial charge >= 0.3 is 0 Å². The maximum Gasteiger partial charge on any atom is 0.224 e. The Morgan fingerprint density at radius 1 is 1.41 bits per heavy atom. The molecule has 0 spiro atoms. The molecule has 3 nitrogen and oxygen atoms in total. The molecule has 0 radical (unpaired) electrons. The van der Waals surface area contributed by atoms with Gasteiger partial charge in [0, 0.05) is 18.6 Å². The van der Waals surface area contributed by atoms with Gasteiger partial charge in [0.2, 0.25) is 5.91 Å². The van der Waals surface area contributed by atoms with E-state index in [1.807, 2.05) is 0 Å². The van der Waals surface area contributed by atoms with E-state index >= 15 is 0 Å². The highest BCUT2D eigenvalue weighted by atomic mass is 16.1. The molecular formula is C14H24N2O. The second-order valence-electron chi connectivity index (χ2n) is 6.31. The molecule has 1 amide bonds. The molecule has 0 aromatic rings. The fourth-order valence-corrected chi connectivity index (χ4v) is 3.85. The standard InChI is InChI=1S/C14H24N2O/c1-2-14(6-3-7-14)9-15-13(17)11-8-10-4-5-12(11)16-10/h10-12,16H,2-9H2,1H3,(H,15,17). The lowest BCUT2D eigenvalue weighted by Gasteiger charge is -2.41. The van der Waals surface area contributed by atoms with E-state index in [4.69, 9.17) is 0 Å². The summed E-state index contributed by atoms with van der Waals surface area (Å²) >= 11 is 0. The predicted molar refractivity (Wildman–Crippen MR) is 67.6 cm³/mol. The Morgan fingerprint density at radius 3 is 2.71 bits per heavy atom. The van der Waals surface area contributed by atoms with Gasteiger partial charge in [-0.05, 0) is 43.9 Å². The fourth-order valence-electron chi connectivity index (χ4n) is 3.85. The highest BCUT2D eigenvalue weighted by Gasteiger charge is 2.43. The number of amides is 1. The molecule has 1 aliphatic carbocycles. The van der Waals surface area contributed by atoms with E-state index in [1.165, 1.54) is 38.5 Å². The highest BCUT2D eigenvalue weighted by Crippen LogP contribution is 2.43. The molecule has 2 aliphatic heterocycles. The van der Waals surface area contributed by atoms with Crippen molar-refractivity contribution in [3.63, 3.8) is 0 Å². The number of carbonyl (C=O) groups is 1. The number of fused-ring (bicyclic) bond motifs is 2. The van der Waals surface area contributed by atoms with Crippen LogP contribution in [0, 0.1) is 11.3 Å². The summed E-state index contributed by atoms with van der Waals surface area (Å²) in [5.41, 5.74) is 0.445. The van der Waals surface area contributed by atoms with Crippen LogP contribution >= 0.6 is 0 Å². The van der Waals surface area contributed by atoms with Crippen LogP contribution in [0.2, 0.25) is 0 Å². The van der Waals surface area contributed by atoms with E-state index < -0.39 is 0 Å². The van der Waals surface area contributed by atoms with Crippen LogP contribution in [-0.4, -0.2) is 24.5 Å². The Balaban J connectivity index is 1.50. The molecule has 0 aromatic heterocycles. The van der Waals surface area contributed by atoms with Crippen LogP contribution in [0.3, 0.4) is 0 Å². The van der Waals surface area contributed by atoms with E-state index in [1.54, 1.807) is 0 Å². The average molecular weight is 236 g/mol. The molecule has 3 rings (SSSR count). The van der Waals surface area contributed by atoms with Gasteiger partial charge in [0.15, 0.2) is 0 Å². The van der Waals surface area contributed by atoms with Crippen molar-refractivity contribution in [3.05, 3.63) is 0 Å². The molecule has 2 N–H and O–H groups in total. The van der Waals surface area contributed by atoms with E-state index in [0.717, 1.165) is 13.0 Å². The fraction of sp³-hybridized carbons (Fsp3) is 0.929. The summed E-state index contributed by atoms with van der Waals surface area (Å²) in [6.45, 7) is 3.17. The SMILES string of the molecule is CCC1(CNC(=O)C2CC3CCC2N3)CCC1. The third-order valence-corrected chi connectivity index (χ3v) is 5.44. The maximum atomic E-state index is 12.2. The molecule has 2 bridgehead atoms. The average Bonchev–Trinajstić information content (AvgIpc) is 2.89. The van der Waals surface area contributed by atoms with Crippen molar-refractivity contribution in [1.82, 2.24) is 10.6 Å². The summed E-state index contributed by atoms with van der Waals surface area (Å²) in [7, 11) is 0. The van der Waals surface area contributed by atoms with Gasteiger partial charge in [0.25, 0.3) is 0 Å². The van der Waals surface area contributed by atoms with Gasteiger partial charge in [0.1, 0.15) is 0 Å². The van der Waals surface area contributed by atoms with Crippen LogP contribution in [-0.2, 0) is 4.79 Å². The molecule has 3 fully saturated rings. The van der Waals surface area contributed by atoms with Crippen LogP contribution in [0.25, 0.3) is 0 Å². The summed E-state index contributed by atoms with van der Waals surface area (Å²) in [6.07, 6.45) is 8.70. The molecular weight excluding hydrogens is 212 g/mol. The van der Waals surface area contributed by atoms with Gasteiger partial charge in [0.05, 0.1) is 5.92 Å². The molecule has 3 unspecified atom stereocenters. The van der Waals surface area contributed by atoms with E-state index in [2.05, 4.69) is 17.6 Å². The molecule has 96 valence electrons. The van der Waals surface area contributed by atoms with Crippen LogP contribution in [0.1, 0.15) is 51.9 Å². The molecule has 3 atom stereocenters. The zero-order valence-electron chi connectivity index (χ0n) is 10.8. The molecule has 17 heavy (non-hydrogen) atoms. The number of rotatable bonds is 4. The minimum Gasteiger partial charge on any atom is -0.355 e. The summed E-state index contributed by atoms with van der Waals surface area (Å²) < 4.78 is 0. The molecule has 2 heterocycles. The van der Waals surface area contributed by atoms with E-state index in [-0.39, 0.29) is 5.92 Å². The lowest BCUT2D eigenvalue weighted by atomic mass is 9.67. The van der Waals surface area contributed by atoms with Gasteiger partial charge in [-0.2, -0.15) is 0 Å². The van der Waals surface area contributed by atoms with Crippen molar-refractivity contribution in [1.29, 1.82) is 0 Å². The Labute approximate surface area is 104 Å². The van der Waals surface area contributed by atoms with Gasteiger partial charge < -0.3 is 10.6 Å². The van der Waals surface area contributed by atoms with Gasteiger partial charge in [-0.3, -0.25) is 4.79 Å². The Kier molecular flexibility index (Phi) is 2.89. The largest absolute Gasteiger partial charge is 0.355 e. The zero-order chi connectivity index (χ0) is 11.9. The number of nitrogens with one attached hydrogen (secondary N) is 2. The molecule has 1 saturated carbocycles. The lowest BCUT2D eigenvalue weighted by Crippen LogP contribution is -2.45. The first kappa shape index (κ1) is 11.5. The molecule has 2 saturated heterocycles. The van der Waals surface area contributed by atoms with Crippen LogP contribution in [0.15, 0.2) is 0 Å². The van der Waals surface area contributed by atoms with Crippen molar-refractivity contribution in [3.8, 4) is 0 Å². The van der Waals surface area contributed by atoms with Crippen LogP contribution in [0.5, 0.6) is 0 Å². The van der Waals surface area contributed by atoms with Gasteiger partial charge in [-0.25, -0.2) is 0 Å². The zero-order valence-corrected chi connectivity index (χ0v) is 10.8. The predicted octanol–water partition coefficient (Wildman–Crippen LogP) is 1.82. The lowest BCUT2D eigenvalue weighted by molar-refractivity contribution is -0.126. The monoisotopic (exact) mass is 236 g/mol. The smallest absolute Gasteiger partial charge is 0.224 e. The second kappa shape index (κ2) is 4.27. The van der Waals surface area contributed by atoms with Gasteiger partial charge in [-0.15, -0.1) is 0 Å². The minimum absolute atomic E-state index is 0.253. The van der Waals surface area contributed by atoms with Crippen molar-refractivity contribution < 1.29 is 4.79 Å². The third-order valence-electron chi connectivity index (χ3n) is 5.44.